The van der Waals surface area contributed by atoms with Gasteiger partial charge in [0.1, 0.15) is 5.01 Å². The van der Waals surface area contributed by atoms with E-state index in [9.17, 15) is 0 Å². The van der Waals surface area contributed by atoms with Gasteiger partial charge in [0.2, 0.25) is 5.95 Å². The van der Waals surface area contributed by atoms with E-state index in [0.717, 1.165) is 27.3 Å². The van der Waals surface area contributed by atoms with Crippen LogP contribution in [-0.4, -0.2) is 24.6 Å². The maximum absolute atomic E-state index is 4.65. The zero-order chi connectivity index (χ0) is 19.3. The predicted octanol–water partition coefficient (Wildman–Crippen LogP) is 5.38. The van der Waals surface area contributed by atoms with E-state index in [2.05, 4.69) is 82.5 Å². The second-order valence-corrected chi connectivity index (χ2v) is 8.71. The van der Waals surface area contributed by atoms with Crippen molar-refractivity contribution in [3.05, 3.63) is 59.6 Å². The largest absolute Gasteiger partial charge is 0.325 e. The van der Waals surface area contributed by atoms with E-state index < -0.39 is 0 Å². The molecule has 0 radical (unpaired) electrons. The Labute approximate surface area is 166 Å². The number of benzene rings is 2. The summed E-state index contributed by atoms with van der Waals surface area (Å²) in [6.07, 6.45) is 1.81. The van der Waals surface area contributed by atoms with E-state index >= 15 is 0 Å². The highest BCUT2D eigenvalue weighted by atomic mass is 32.1. The molecule has 0 aliphatic rings. The number of aromatic amines is 1. The normalized spacial score (nSPS) is 12.1. The Bertz CT molecular complexity index is 1260. The number of anilines is 2. The average molecular weight is 388 g/mol. The zero-order valence-corrected chi connectivity index (χ0v) is 16.7. The summed E-state index contributed by atoms with van der Waals surface area (Å²) in [6.45, 7) is 6.63. The third-order valence-corrected chi connectivity index (χ3v) is 5.58. The van der Waals surface area contributed by atoms with E-state index in [1.807, 2.05) is 22.2 Å². The van der Waals surface area contributed by atoms with Gasteiger partial charge in [-0.15, -0.1) is 11.3 Å². The summed E-state index contributed by atoms with van der Waals surface area (Å²) < 4.78 is 1.90. The molecule has 0 fully saturated rings. The maximum atomic E-state index is 4.65. The first-order valence-electron chi connectivity index (χ1n) is 9.13. The summed E-state index contributed by atoms with van der Waals surface area (Å²) in [5, 5.41) is 9.58. The second kappa shape index (κ2) is 6.17. The van der Waals surface area contributed by atoms with E-state index in [1.54, 1.807) is 11.3 Å². The number of nitrogens with zero attached hydrogens (tertiary/aromatic N) is 4. The van der Waals surface area contributed by atoms with Crippen molar-refractivity contribution in [2.24, 2.45) is 0 Å². The number of rotatable bonds is 3. The summed E-state index contributed by atoms with van der Waals surface area (Å²) in [5.74, 6) is 1.30. The third-order valence-electron chi connectivity index (χ3n) is 4.76. The van der Waals surface area contributed by atoms with E-state index in [0.29, 0.717) is 11.7 Å². The van der Waals surface area contributed by atoms with Crippen LogP contribution in [0.5, 0.6) is 0 Å². The van der Waals surface area contributed by atoms with Crippen LogP contribution in [0.3, 0.4) is 0 Å². The Kier molecular flexibility index (Phi) is 3.73. The van der Waals surface area contributed by atoms with Gasteiger partial charge in [-0.25, -0.2) is 14.5 Å². The fourth-order valence-electron chi connectivity index (χ4n) is 3.23. The van der Waals surface area contributed by atoms with Crippen LogP contribution in [0.15, 0.2) is 54.0 Å². The monoisotopic (exact) mass is 388 g/mol. The van der Waals surface area contributed by atoms with Crippen molar-refractivity contribution in [3.8, 4) is 10.6 Å². The number of hydrogen-bond donors (Lipinski definition) is 2. The minimum Gasteiger partial charge on any atom is -0.325 e. The van der Waals surface area contributed by atoms with Crippen molar-refractivity contribution in [1.82, 2.24) is 24.6 Å². The Morgan fingerprint density at radius 3 is 2.57 bits per heavy atom. The van der Waals surface area contributed by atoms with Gasteiger partial charge in [0.05, 0.1) is 11.0 Å². The number of H-pyrrole nitrogens is 1. The third kappa shape index (κ3) is 2.93. The van der Waals surface area contributed by atoms with Crippen LogP contribution >= 0.6 is 11.3 Å². The molecule has 0 unspecified atom stereocenters. The first-order valence-corrected chi connectivity index (χ1v) is 10.0. The number of aromatic nitrogens is 5. The smallest absolute Gasteiger partial charge is 0.253 e. The lowest BCUT2D eigenvalue weighted by molar-refractivity contribution is 0.590. The van der Waals surface area contributed by atoms with E-state index in [1.165, 1.54) is 5.56 Å². The van der Waals surface area contributed by atoms with Crippen molar-refractivity contribution in [3.63, 3.8) is 0 Å². The summed E-state index contributed by atoms with van der Waals surface area (Å²) in [7, 11) is 0. The van der Waals surface area contributed by atoms with Crippen LogP contribution < -0.4 is 5.32 Å². The molecular formula is C21H20N6S. The van der Waals surface area contributed by atoms with Crippen LogP contribution in [0.4, 0.5) is 11.6 Å². The summed E-state index contributed by atoms with van der Waals surface area (Å²) in [4.78, 5) is 13.6. The molecule has 0 spiro atoms. The molecule has 0 bridgehead atoms. The number of imidazole rings is 1. The highest BCUT2D eigenvalue weighted by Crippen LogP contribution is 2.27. The SMILES string of the molecule is CC(C)(C)c1ccc(Nc2nc3nc4cc(-c5nccs5)ccc4n3[nH]2)cc1. The van der Waals surface area contributed by atoms with E-state index in [-0.39, 0.29) is 5.41 Å². The van der Waals surface area contributed by atoms with Crippen molar-refractivity contribution < 1.29 is 0 Å². The van der Waals surface area contributed by atoms with Gasteiger partial charge in [0, 0.05) is 22.8 Å². The lowest BCUT2D eigenvalue weighted by atomic mass is 9.87. The maximum Gasteiger partial charge on any atom is 0.253 e. The number of fused-ring (bicyclic) bond motifs is 3. The molecule has 0 aliphatic carbocycles. The van der Waals surface area contributed by atoms with Crippen molar-refractivity contribution in [2.45, 2.75) is 26.2 Å². The zero-order valence-electron chi connectivity index (χ0n) is 15.9. The van der Waals surface area contributed by atoms with Crippen LogP contribution in [0.1, 0.15) is 26.3 Å². The molecular weight excluding hydrogens is 368 g/mol. The van der Waals surface area contributed by atoms with Gasteiger partial charge in [0.15, 0.2) is 0 Å². The van der Waals surface area contributed by atoms with E-state index in [4.69, 9.17) is 0 Å². The van der Waals surface area contributed by atoms with Gasteiger partial charge in [-0.05, 0) is 41.3 Å². The van der Waals surface area contributed by atoms with Crippen molar-refractivity contribution in [2.75, 3.05) is 5.32 Å². The molecule has 2 aromatic carbocycles. The van der Waals surface area contributed by atoms with Crippen molar-refractivity contribution >= 4 is 39.8 Å². The van der Waals surface area contributed by atoms with Gasteiger partial charge in [-0.2, -0.15) is 4.98 Å². The number of nitrogens with one attached hydrogen (secondary N) is 2. The minimum absolute atomic E-state index is 0.139. The molecule has 7 heteroatoms. The molecule has 5 aromatic rings. The van der Waals surface area contributed by atoms with Gasteiger partial charge >= 0.3 is 0 Å². The molecule has 5 rings (SSSR count). The Morgan fingerprint density at radius 2 is 1.86 bits per heavy atom. The lowest BCUT2D eigenvalue weighted by Gasteiger charge is -2.19. The molecule has 0 saturated carbocycles. The molecule has 140 valence electrons. The fourth-order valence-corrected chi connectivity index (χ4v) is 3.86. The van der Waals surface area contributed by atoms with Gasteiger partial charge < -0.3 is 5.32 Å². The van der Waals surface area contributed by atoms with Gasteiger partial charge in [0.25, 0.3) is 5.78 Å². The Morgan fingerprint density at radius 1 is 1.04 bits per heavy atom. The Balaban J connectivity index is 1.45. The number of thiazole rings is 1. The highest BCUT2D eigenvalue weighted by molar-refractivity contribution is 7.13. The molecule has 2 N–H and O–H groups in total. The standard InChI is InChI=1S/C21H20N6S/c1-21(2,3)14-5-7-15(8-6-14)23-19-25-20-24-16-12-13(18-22-10-11-28-18)4-9-17(16)27(20)26-19/h4-12H,1-3H3,(H2,23,24,25,26). The summed E-state index contributed by atoms with van der Waals surface area (Å²) >= 11 is 1.62. The second-order valence-electron chi connectivity index (χ2n) is 7.81. The Hall–Kier alpha value is -3.19. The van der Waals surface area contributed by atoms with Gasteiger partial charge in [-0.3, -0.25) is 5.10 Å². The summed E-state index contributed by atoms with van der Waals surface area (Å²) in [5.41, 5.74) is 5.38. The molecule has 6 nitrogen and oxygen atoms in total. The topological polar surface area (TPSA) is 70.9 Å². The van der Waals surface area contributed by atoms with Crippen LogP contribution in [-0.2, 0) is 5.41 Å². The highest BCUT2D eigenvalue weighted by Gasteiger charge is 2.14. The van der Waals surface area contributed by atoms with Crippen LogP contribution in [0.25, 0.3) is 27.4 Å². The molecule has 0 atom stereocenters. The first kappa shape index (κ1) is 16.9. The number of hydrogen-bond acceptors (Lipinski definition) is 5. The first-order chi connectivity index (χ1) is 13.5. The van der Waals surface area contributed by atoms with Crippen LogP contribution in [0.2, 0.25) is 0 Å². The molecule has 0 saturated heterocycles. The fraction of sp³-hybridized carbons (Fsp3) is 0.190. The minimum atomic E-state index is 0.139. The summed E-state index contributed by atoms with van der Waals surface area (Å²) in [6, 6.07) is 14.6. The molecule has 0 amide bonds. The van der Waals surface area contributed by atoms with Crippen LogP contribution in [0, 0.1) is 0 Å². The molecule has 3 heterocycles. The van der Waals surface area contributed by atoms with Gasteiger partial charge in [-0.1, -0.05) is 32.9 Å². The molecule has 28 heavy (non-hydrogen) atoms. The average Bonchev–Trinajstić information content (AvgIpc) is 3.37. The lowest BCUT2D eigenvalue weighted by Crippen LogP contribution is -2.10. The molecule has 0 aliphatic heterocycles. The quantitative estimate of drug-likeness (QED) is 0.436. The van der Waals surface area contributed by atoms with Crippen molar-refractivity contribution in [1.29, 1.82) is 0 Å². The molecule has 3 aromatic heterocycles. The predicted molar refractivity (Wildman–Crippen MR) is 114 cm³/mol.